The van der Waals surface area contributed by atoms with Gasteiger partial charge in [-0.2, -0.15) is 0 Å². The van der Waals surface area contributed by atoms with Crippen molar-refractivity contribution in [3.63, 3.8) is 0 Å². The lowest BCUT2D eigenvalue weighted by Gasteiger charge is -2.01. The number of rotatable bonds is 5. The molecule has 0 fully saturated rings. The summed E-state index contributed by atoms with van der Waals surface area (Å²) in [6.07, 6.45) is 1.73. The zero-order valence-corrected chi connectivity index (χ0v) is 11.9. The Morgan fingerprint density at radius 3 is 2.48 bits per heavy atom. The van der Waals surface area contributed by atoms with Crippen LogP contribution in [-0.2, 0) is 4.79 Å². The van der Waals surface area contributed by atoms with Gasteiger partial charge >= 0.3 is 0 Å². The van der Waals surface area contributed by atoms with Gasteiger partial charge in [-0.1, -0.05) is 0 Å². The van der Waals surface area contributed by atoms with Crippen molar-refractivity contribution in [1.29, 1.82) is 0 Å². The first-order chi connectivity index (χ1) is 10.0. The highest BCUT2D eigenvalue weighted by atomic mass is 16.3. The monoisotopic (exact) mass is 284 g/mol. The molecule has 5 nitrogen and oxygen atoms in total. The van der Waals surface area contributed by atoms with E-state index >= 15 is 0 Å². The smallest absolute Gasteiger partial charge is 0.221 e. The highest BCUT2D eigenvalue weighted by molar-refractivity contribution is 6.02. The molecule has 0 saturated carbocycles. The van der Waals surface area contributed by atoms with E-state index in [1.165, 1.54) is 6.92 Å². The zero-order valence-electron chi connectivity index (χ0n) is 11.9. The fourth-order valence-corrected chi connectivity index (χ4v) is 1.75. The number of amides is 1. The second kappa shape index (κ2) is 6.65. The zero-order chi connectivity index (χ0) is 15.2. The number of aryl methyl sites for hydroxylation is 1. The van der Waals surface area contributed by atoms with Gasteiger partial charge in [0.1, 0.15) is 5.76 Å². The minimum absolute atomic E-state index is 0.110. The van der Waals surface area contributed by atoms with Crippen molar-refractivity contribution in [2.45, 2.75) is 20.3 Å². The van der Waals surface area contributed by atoms with Gasteiger partial charge in [-0.25, -0.2) is 0 Å². The van der Waals surface area contributed by atoms with Crippen LogP contribution >= 0.6 is 0 Å². The number of carbonyl (C=O) groups excluding carboxylic acids is 2. The van der Waals surface area contributed by atoms with E-state index in [4.69, 9.17) is 4.42 Å². The molecule has 108 valence electrons. The van der Waals surface area contributed by atoms with E-state index in [0.29, 0.717) is 22.9 Å². The summed E-state index contributed by atoms with van der Waals surface area (Å²) in [6, 6.07) is 10.5. The predicted octanol–water partition coefficient (Wildman–Crippen LogP) is 3.52. The van der Waals surface area contributed by atoms with Crippen molar-refractivity contribution < 1.29 is 14.0 Å². The molecule has 1 aromatic carbocycles. The summed E-state index contributed by atoms with van der Waals surface area (Å²) in [4.78, 5) is 26.9. The van der Waals surface area contributed by atoms with E-state index in [1.807, 2.05) is 0 Å². The summed E-state index contributed by atoms with van der Waals surface area (Å²) >= 11 is 0. The van der Waals surface area contributed by atoms with Crippen LogP contribution in [0.15, 0.2) is 45.8 Å². The third-order valence-corrected chi connectivity index (χ3v) is 2.72. The number of furan rings is 1. The van der Waals surface area contributed by atoms with Gasteiger partial charge in [0, 0.05) is 25.2 Å². The summed E-state index contributed by atoms with van der Waals surface area (Å²) in [5, 5.41) is 2.67. The molecule has 2 rings (SSSR count). The molecule has 5 heteroatoms. The van der Waals surface area contributed by atoms with Crippen molar-refractivity contribution in [3.05, 3.63) is 47.9 Å². The molecule has 0 radical (unpaired) electrons. The number of benzene rings is 1. The molecule has 0 unspecified atom stereocenters. The van der Waals surface area contributed by atoms with Crippen LogP contribution in [0, 0.1) is 6.92 Å². The van der Waals surface area contributed by atoms with Crippen LogP contribution in [0.1, 0.15) is 29.7 Å². The number of ketones is 1. The lowest BCUT2D eigenvalue weighted by molar-refractivity contribution is -0.114. The summed E-state index contributed by atoms with van der Waals surface area (Å²) in [6.45, 7) is 3.25. The lowest BCUT2D eigenvalue weighted by Crippen LogP contribution is -2.04. The van der Waals surface area contributed by atoms with Gasteiger partial charge in [0.05, 0.1) is 5.69 Å². The number of aliphatic imine (C=N–C) groups is 1. The van der Waals surface area contributed by atoms with Crippen LogP contribution < -0.4 is 5.32 Å². The average molecular weight is 284 g/mol. The number of nitrogens with zero attached hydrogens (tertiary/aromatic N) is 1. The van der Waals surface area contributed by atoms with Gasteiger partial charge in [-0.05, 0) is 43.3 Å². The van der Waals surface area contributed by atoms with Crippen LogP contribution in [0.2, 0.25) is 0 Å². The normalized spacial score (nSPS) is 10.8. The van der Waals surface area contributed by atoms with E-state index in [-0.39, 0.29) is 18.1 Å². The Kier molecular flexibility index (Phi) is 4.66. The van der Waals surface area contributed by atoms with Gasteiger partial charge in [-0.15, -0.1) is 0 Å². The van der Waals surface area contributed by atoms with Crippen LogP contribution in [0.5, 0.6) is 0 Å². The summed E-state index contributed by atoms with van der Waals surface area (Å²) in [5.41, 5.74) is 1.43. The molecule has 1 amide bonds. The van der Waals surface area contributed by atoms with Crippen LogP contribution in [0.4, 0.5) is 11.4 Å². The lowest BCUT2D eigenvalue weighted by atomic mass is 10.2. The van der Waals surface area contributed by atoms with Gasteiger partial charge in [0.25, 0.3) is 0 Å². The first-order valence-corrected chi connectivity index (χ1v) is 6.54. The van der Waals surface area contributed by atoms with Crippen molar-refractivity contribution >= 4 is 29.3 Å². The Hall–Kier alpha value is -2.69. The standard InChI is InChI=1S/C16H16N2O3/c1-11-3-8-16(21-11)15(20)9-10-17-13-4-6-14(7-5-13)18-12(2)19/h3-8,10H,9H2,1-2H3,(H,18,19). The Balaban J connectivity index is 1.92. The molecular formula is C16H16N2O3. The molecule has 0 bridgehead atoms. The maximum atomic E-state index is 11.8. The molecule has 0 aliphatic rings. The van der Waals surface area contributed by atoms with E-state index in [0.717, 1.165) is 0 Å². The molecule has 0 saturated heterocycles. The predicted molar refractivity (Wildman–Crippen MR) is 81.3 cm³/mol. The highest BCUT2D eigenvalue weighted by Gasteiger charge is 2.07. The van der Waals surface area contributed by atoms with Crippen molar-refractivity contribution in [2.24, 2.45) is 4.99 Å². The molecule has 0 aliphatic heterocycles. The number of carbonyl (C=O) groups is 2. The van der Waals surface area contributed by atoms with Crippen molar-refractivity contribution in [2.75, 3.05) is 5.32 Å². The minimum atomic E-state index is -0.120. The first-order valence-electron chi connectivity index (χ1n) is 6.54. The van der Waals surface area contributed by atoms with E-state index in [1.54, 1.807) is 49.5 Å². The minimum Gasteiger partial charge on any atom is -0.458 e. The molecule has 1 N–H and O–H groups in total. The van der Waals surface area contributed by atoms with Crippen LogP contribution in [-0.4, -0.2) is 17.9 Å². The Labute approximate surface area is 122 Å². The summed E-state index contributed by atoms with van der Waals surface area (Å²) in [7, 11) is 0. The summed E-state index contributed by atoms with van der Waals surface area (Å²) < 4.78 is 5.25. The summed E-state index contributed by atoms with van der Waals surface area (Å²) in [5.74, 6) is 0.830. The van der Waals surface area contributed by atoms with E-state index in [2.05, 4.69) is 10.3 Å². The average Bonchev–Trinajstić information content (AvgIpc) is 2.87. The van der Waals surface area contributed by atoms with Gasteiger partial charge < -0.3 is 9.73 Å². The number of Topliss-reactive ketones (excluding diaryl/α,β-unsaturated/α-hetero) is 1. The fraction of sp³-hybridized carbons (Fsp3) is 0.188. The quantitative estimate of drug-likeness (QED) is 0.674. The highest BCUT2D eigenvalue weighted by Crippen LogP contribution is 2.16. The number of anilines is 1. The van der Waals surface area contributed by atoms with Crippen molar-refractivity contribution in [1.82, 2.24) is 0 Å². The molecule has 1 aromatic heterocycles. The van der Waals surface area contributed by atoms with Gasteiger partial charge in [0.15, 0.2) is 5.76 Å². The number of nitrogens with one attached hydrogen (secondary N) is 1. The maximum Gasteiger partial charge on any atom is 0.221 e. The number of hydrogen-bond donors (Lipinski definition) is 1. The first kappa shape index (κ1) is 14.7. The molecule has 0 spiro atoms. The topological polar surface area (TPSA) is 71.7 Å². The Morgan fingerprint density at radius 2 is 1.90 bits per heavy atom. The van der Waals surface area contributed by atoms with Gasteiger partial charge in [-0.3, -0.25) is 14.6 Å². The second-order valence-corrected chi connectivity index (χ2v) is 4.58. The van der Waals surface area contributed by atoms with Crippen LogP contribution in [0.3, 0.4) is 0 Å². The molecule has 21 heavy (non-hydrogen) atoms. The second-order valence-electron chi connectivity index (χ2n) is 4.58. The molecule has 0 aliphatic carbocycles. The van der Waals surface area contributed by atoms with Crippen molar-refractivity contribution in [3.8, 4) is 0 Å². The van der Waals surface area contributed by atoms with E-state index in [9.17, 15) is 9.59 Å². The fourth-order valence-electron chi connectivity index (χ4n) is 1.75. The molecule has 1 heterocycles. The third-order valence-electron chi connectivity index (χ3n) is 2.72. The third kappa shape index (κ3) is 4.42. The SMILES string of the molecule is CC(=O)Nc1ccc(N=CCC(=O)c2ccc(C)o2)cc1. The molecule has 2 aromatic rings. The Bertz CT molecular complexity index is 669. The van der Waals surface area contributed by atoms with Gasteiger partial charge in [0.2, 0.25) is 11.7 Å². The van der Waals surface area contributed by atoms with E-state index < -0.39 is 0 Å². The Morgan fingerprint density at radius 1 is 1.19 bits per heavy atom. The number of hydrogen-bond acceptors (Lipinski definition) is 4. The molecular weight excluding hydrogens is 268 g/mol. The maximum absolute atomic E-state index is 11.8. The van der Waals surface area contributed by atoms with Crippen LogP contribution in [0.25, 0.3) is 0 Å². The molecule has 0 atom stereocenters. The largest absolute Gasteiger partial charge is 0.458 e.